The number of nitrogens with one attached hydrogen (secondary N) is 2. The van der Waals surface area contributed by atoms with E-state index in [1.807, 2.05) is 0 Å². The molecule has 3 aromatic rings. The molecule has 35 heavy (non-hydrogen) atoms. The minimum absolute atomic E-state index is 0.261. The molecule has 0 aliphatic heterocycles. The van der Waals surface area contributed by atoms with Crippen LogP contribution >= 0.6 is 0 Å². The van der Waals surface area contributed by atoms with Gasteiger partial charge in [0.25, 0.3) is 0 Å². The number of carbonyl (C=O) groups is 4. The first-order valence-corrected chi connectivity index (χ1v) is 11.1. The molecule has 3 aromatic carbocycles. The molecule has 0 atom stereocenters. The first kappa shape index (κ1) is 25.2. The number of rotatable bonds is 9. The lowest BCUT2D eigenvalue weighted by molar-refractivity contribution is -0.126. The van der Waals surface area contributed by atoms with Gasteiger partial charge in [0, 0.05) is 11.4 Å². The fraction of sp³-hybridized carbons (Fsp3) is 0.185. The van der Waals surface area contributed by atoms with Gasteiger partial charge in [-0.25, -0.2) is 9.59 Å². The van der Waals surface area contributed by atoms with Crippen LogP contribution in [0.15, 0.2) is 78.9 Å². The summed E-state index contributed by atoms with van der Waals surface area (Å²) in [7, 11) is 0. The number of anilines is 2. The van der Waals surface area contributed by atoms with E-state index in [9.17, 15) is 19.2 Å². The highest BCUT2D eigenvalue weighted by molar-refractivity contribution is 6.15. The van der Waals surface area contributed by atoms with E-state index < -0.39 is 29.7 Å². The van der Waals surface area contributed by atoms with Crippen molar-refractivity contribution in [3.63, 3.8) is 0 Å². The largest absolute Gasteiger partial charge is 0.462 e. The van der Waals surface area contributed by atoms with E-state index in [-0.39, 0.29) is 13.2 Å². The molecule has 0 aliphatic carbocycles. The predicted molar refractivity (Wildman–Crippen MR) is 131 cm³/mol. The fourth-order valence-corrected chi connectivity index (χ4v) is 3.30. The highest BCUT2D eigenvalue weighted by atomic mass is 16.5. The minimum Gasteiger partial charge on any atom is -0.462 e. The highest BCUT2D eigenvalue weighted by Crippen LogP contribution is 2.22. The topological polar surface area (TPSA) is 111 Å². The monoisotopic (exact) mass is 474 g/mol. The van der Waals surface area contributed by atoms with Crippen LogP contribution < -0.4 is 10.6 Å². The average Bonchev–Trinajstić information content (AvgIpc) is 2.86. The third kappa shape index (κ3) is 6.77. The van der Waals surface area contributed by atoms with Crippen molar-refractivity contribution in [2.24, 2.45) is 0 Å². The summed E-state index contributed by atoms with van der Waals surface area (Å²) in [5.74, 6) is -3.14. The molecular formula is C27H26N2O6. The molecule has 2 N–H and O–H groups in total. The van der Waals surface area contributed by atoms with E-state index in [1.165, 1.54) is 24.3 Å². The molecule has 0 saturated carbocycles. The van der Waals surface area contributed by atoms with E-state index in [0.29, 0.717) is 28.1 Å². The van der Waals surface area contributed by atoms with Crippen LogP contribution in [0.4, 0.5) is 11.4 Å². The van der Waals surface area contributed by atoms with Crippen LogP contribution in [-0.2, 0) is 19.1 Å². The lowest BCUT2D eigenvalue weighted by Gasteiger charge is -2.17. The molecule has 0 saturated heterocycles. The molecule has 8 heteroatoms. The van der Waals surface area contributed by atoms with E-state index in [1.54, 1.807) is 68.4 Å². The van der Waals surface area contributed by atoms with E-state index in [0.717, 1.165) is 0 Å². The van der Waals surface area contributed by atoms with Gasteiger partial charge in [-0.2, -0.15) is 0 Å². The van der Waals surface area contributed by atoms with Crippen LogP contribution in [0.2, 0.25) is 0 Å². The van der Waals surface area contributed by atoms with Crippen molar-refractivity contribution < 1.29 is 28.7 Å². The van der Waals surface area contributed by atoms with Gasteiger partial charge in [-0.3, -0.25) is 9.59 Å². The molecule has 0 aromatic heterocycles. The second-order valence-corrected chi connectivity index (χ2v) is 7.42. The Morgan fingerprint density at radius 3 is 1.40 bits per heavy atom. The first-order chi connectivity index (χ1) is 16.9. The van der Waals surface area contributed by atoms with Gasteiger partial charge in [0.1, 0.15) is 5.92 Å². The van der Waals surface area contributed by atoms with Crippen LogP contribution in [-0.4, -0.2) is 37.0 Å². The number of ether oxygens (including phenoxy) is 2. The fourth-order valence-electron chi connectivity index (χ4n) is 3.30. The zero-order valence-electron chi connectivity index (χ0n) is 19.4. The van der Waals surface area contributed by atoms with Crippen LogP contribution in [0.1, 0.15) is 46.0 Å². The Kier molecular flexibility index (Phi) is 8.72. The molecule has 0 heterocycles. The number of hydrogen-bond donors (Lipinski definition) is 2. The number of benzene rings is 3. The van der Waals surface area contributed by atoms with Gasteiger partial charge in [-0.1, -0.05) is 30.3 Å². The molecule has 180 valence electrons. The van der Waals surface area contributed by atoms with Crippen molar-refractivity contribution in [2.75, 3.05) is 23.8 Å². The van der Waals surface area contributed by atoms with Crippen LogP contribution in [0.25, 0.3) is 0 Å². The Labute approximate surface area is 203 Å². The number of hydrogen-bond acceptors (Lipinski definition) is 6. The van der Waals surface area contributed by atoms with E-state index in [4.69, 9.17) is 9.47 Å². The Bertz CT molecular complexity index is 1100. The van der Waals surface area contributed by atoms with Gasteiger partial charge in [-0.15, -0.1) is 0 Å². The van der Waals surface area contributed by atoms with Gasteiger partial charge in [0.05, 0.1) is 24.3 Å². The maximum atomic E-state index is 13.2. The van der Waals surface area contributed by atoms with Crippen molar-refractivity contribution in [3.8, 4) is 0 Å². The first-order valence-electron chi connectivity index (χ1n) is 11.1. The normalized spacial score (nSPS) is 10.4. The van der Waals surface area contributed by atoms with Gasteiger partial charge in [0.2, 0.25) is 11.8 Å². The lowest BCUT2D eigenvalue weighted by Crippen LogP contribution is -2.32. The standard InChI is InChI=1S/C27H26N2O6/c1-3-34-26(32)19-10-14-21(15-11-19)28-24(30)23(18-8-6-5-7-9-18)25(31)29-22-16-12-20(13-17-22)27(33)35-4-2/h5-17,23H,3-4H2,1-2H3,(H,28,30)(H,29,31). The summed E-state index contributed by atoms with van der Waals surface area (Å²) in [6, 6.07) is 21.1. The molecule has 3 rings (SSSR count). The van der Waals surface area contributed by atoms with Crippen molar-refractivity contribution in [3.05, 3.63) is 95.6 Å². The van der Waals surface area contributed by atoms with Crippen molar-refractivity contribution in [2.45, 2.75) is 19.8 Å². The highest BCUT2D eigenvalue weighted by Gasteiger charge is 2.29. The van der Waals surface area contributed by atoms with Gasteiger partial charge >= 0.3 is 11.9 Å². The third-order valence-electron chi connectivity index (χ3n) is 4.98. The zero-order chi connectivity index (χ0) is 25.2. The Morgan fingerprint density at radius 2 is 1.03 bits per heavy atom. The number of amides is 2. The molecule has 8 nitrogen and oxygen atoms in total. The molecule has 0 radical (unpaired) electrons. The van der Waals surface area contributed by atoms with E-state index in [2.05, 4.69) is 10.6 Å². The second kappa shape index (κ2) is 12.1. The Balaban J connectivity index is 1.76. The van der Waals surface area contributed by atoms with Gasteiger partial charge < -0.3 is 20.1 Å². The summed E-state index contributed by atoms with van der Waals surface area (Å²) in [6.07, 6.45) is 0. The molecule has 0 aliphatic rings. The summed E-state index contributed by atoms with van der Waals surface area (Å²) in [6.45, 7) is 3.96. The average molecular weight is 475 g/mol. The molecule has 2 amide bonds. The predicted octanol–water partition coefficient (Wildman–Crippen LogP) is 4.40. The minimum atomic E-state index is -1.15. The van der Waals surface area contributed by atoms with Gasteiger partial charge in [-0.05, 0) is 67.9 Å². The summed E-state index contributed by atoms with van der Waals surface area (Å²) in [4.78, 5) is 50.0. The van der Waals surface area contributed by atoms with Gasteiger partial charge in [0.15, 0.2) is 0 Å². The summed E-state index contributed by atoms with van der Waals surface area (Å²) < 4.78 is 9.92. The summed E-state index contributed by atoms with van der Waals surface area (Å²) in [5.41, 5.74) is 2.07. The molecule has 0 bridgehead atoms. The van der Waals surface area contributed by atoms with Crippen LogP contribution in [0.5, 0.6) is 0 Å². The molecule has 0 fully saturated rings. The van der Waals surface area contributed by atoms with Crippen molar-refractivity contribution in [1.29, 1.82) is 0 Å². The number of esters is 2. The lowest BCUT2D eigenvalue weighted by atomic mass is 9.96. The summed E-state index contributed by atoms with van der Waals surface area (Å²) in [5, 5.41) is 5.46. The zero-order valence-corrected chi connectivity index (χ0v) is 19.4. The molecular weight excluding hydrogens is 448 g/mol. The van der Waals surface area contributed by atoms with Crippen molar-refractivity contribution >= 4 is 35.1 Å². The van der Waals surface area contributed by atoms with E-state index >= 15 is 0 Å². The Morgan fingerprint density at radius 1 is 0.629 bits per heavy atom. The smallest absolute Gasteiger partial charge is 0.338 e. The second-order valence-electron chi connectivity index (χ2n) is 7.42. The maximum Gasteiger partial charge on any atom is 0.338 e. The van der Waals surface area contributed by atoms with Crippen molar-refractivity contribution in [1.82, 2.24) is 0 Å². The van der Waals surface area contributed by atoms with Crippen LogP contribution in [0.3, 0.4) is 0 Å². The molecule has 0 unspecified atom stereocenters. The Hall–Kier alpha value is -4.46. The maximum absolute atomic E-state index is 13.2. The summed E-state index contributed by atoms with van der Waals surface area (Å²) >= 11 is 0. The number of carbonyl (C=O) groups excluding carboxylic acids is 4. The quantitative estimate of drug-likeness (QED) is 0.351. The SMILES string of the molecule is CCOC(=O)c1ccc(NC(=O)C(C(=O)Nc2ccc(C(=O)OCC)cc2)c2ccccc2)cc1. The molecule has 0 spiro atoms. The van der Waals surface area contributed by atoms with Crippen LogP contribution in [0, 0.1) is 0 Å². The third-order valence-corrected chi connectivity index (χ3v) is 4.98.